The molecule has 0 bridgehead atoms. The second-order valence-electron chi connectivity index (χ2n) is 3.19. The largest absolute Gasteiger partial charge is 0.387 e. The van der Waals surface area contributed by atoms with Gasteiger partial charge in [-0.25, -0.2) is 9.97 Å². The average Bonchev–Trinajstić information content (AvgIpc) is 2.29. The molecule has 1 atom stereocenters. The van der Waals surface area contributed by atoms with Gasteiger partial charge in [0, 0.05) is 6.20 Å². The van der Waals surface area contributed by atoms with E-state index in [0.717, 1.165) is 36.9 Å². The number of aliphatic hydroxyl groups is 1. The number of fused-ring (bicyclic) bond motifs is 1. The smallest absolute Gasteiger partial charge is 0.115 e. The zero-order chi connectivity index (χ0) is 8.39. The van der Waals surface area contributed by atoms with Gasteiger partial charge in [-0.3, -0.25) is 0 Å². The minimum absolute atomic E-state index is 0.370. The van der Waals surface area contributed by atoms with Gasteiger partial charge in [0.1, 0.15) is 6.33 Å². The third-order valence-corrected chi connectivity index (χ3v) is 2.31. The van der Waals surface area contributed by atoms with E-state index in [-0.39, 0.29) is 6.10 Å². The molecule has 0 amide bonds. The third-order valence-electron chi connectivity index (χ3n) is 2.31. The Hall–Kier alpha value is -0.960. The number of aliphatic hydroxyl groups excluding tert-OH is 1. The summed E-state index contributed by atoms with van der Waals surface area (Å²) >= 11 is 0. The summed E-state index contributed by atoms with van der Waals surface area (Å²) in [7, 11) is 0. The number of hydrogen-bond donors (Lipinski definition) is 1. The first-order valence-electron chi connectivity index (χ1n) is 4.35. The minimum Gasteiger partial charge on any atom is -0.387 e. The van der Waals surface area contributed by atoms with Crippen LogP contribution in [0.2, 0.25) is 0 Å². The molecular weight excluding hydrogens is 152 g/mol. The molecule has 2 rings (SSSR count). The van der Waals surface area contributed by atoms with Gasteiger partial charge in [-0.1, -0.05) is 6.42 Å². The molecule has 1 aromatic heterocycles. The molecule has 1 heterocycles. The van der Waals surface area contributed by atoms with Gasteiger partial charge in [0.2, 0.25) is 0 Å². The molecule has 3 heteroatoms. The molecular formula is C9H12N2O. The highest BCUT2D eigenvalue weighted by atomic mass is 16.3. The van der Waals surface area contributed by atoms with E-state index in [1.165, 1.54) is 6.33 Å². The molecule has 0 radical (unpaired) electrons. The van der Waals surface area contributed by atoms with Crippen LogP contribution in [0.3, 0.4) is 0 Å². The molecule has 1 N–H and O–H groups in total. The highest BCUT2D eigenvalue weighted by Gasteiger charge is 2.16. The first kappa shape index (κ1) is 7.68. The predicted octanol–water partition coefficient (Wildman–Crippen LogP) is 1.24. The molecule has 1 aliphatic rings. The van der Waals surface area contributed by atoms with Crippen LogP contribution in [0.1, 0.15) is 36.6 Å². The summed E-state index contributed by atoms with van der Waals surface area (Å²) in [6.45, 7) is 0. The molecule has 0 aliphatic heterocycles. The van der Waals surface area contributed by atoms with Crippen LogP contribution in [0.25, 0.3) is 0 Å². The second kappa shape index (κ2) is 3.19. The van der Waals surface area contributed by atoms with Gasteiger partial charge in [-0.15, -0.1) is 0 Å². The van der Waals surface area contributed by atoms with Gasteiger partial charge in [0.25, 0.3) is 0 Å². The van der Waals surface area contributed by atoms with Crippen molar-refractivity contribution < 1.29 is 5.11 Å². The molecule has 1 aliphatic carbocycles. The quantitative estimate of drug-likeness (QED) is 0.587. The monoisotopic (exact) mass is 164 g/mol. The van der Waals surface area contributed by atoms with Crippen molar-refractivity contribution in [1.29, 1.82) is 0 Å². The minimum atomic E-state index is -0.370. The maximum absolute atomic E-state index is 9.65. The molecule has 1 unspecified atom stereocenters. The Morgan fingerprint density at radius 2 is 2.33 bits per heavy atom. The van der Waals surface area contributed by atoms with Crippen LogP contribution in [0.15, 0.2) is 12.5 Å². The van der Waals surface area contributed by atoms with E-state index in [1.54, 1.807) is 0 Å². The molecule has 12 heavy (non-hydrogen) atoms. The zero-order valence-electron chi connectivity index (χ0n) is 6.90. The van der Waals surface area contributed by atoms with Gasteiger partial charge in [-0.05, 0) is 24.8 Å². The van der Waals surface area contributed by atoms with E-state index in [0.29, 0.717) is 0 Å². The van der Waals surface area contributed by atoms with Crippen LogP contribution in [0, 0.1) is 0 Å². The summed E-state index contributed by atoms with van der Waals surface area (Å²) in [5.74, 6) is 0. The standard InChI is InChI=1S/C9H12N2O/c12-8-4-2-1-3-7-5-10-6-11-9(7)8/h5-6,8,12H,1-4H2. The normalized spacial score (nSPS) is 22.9. The number of rotatable bonds is 0. The summed E-state index contributed by atoms with van der Waals surface area (Å²) in [5.41, 5.74) is 1.95. The van der Waals surface area contributed by atoms with Crippen LogP contribution in [-0.4, -0.2) is 15.1 Å². The molecule has 1 aromatic rings. The summed E-state index contributed by atoms with van der Waals surface area (Å²) in [5, 5.41) is 9.65. The molecule has 0 saturated carbocycles. The third kappa shape index (κ3) is 1.32. The summed E-state index contributed by atoms with van der Waals surface area (Å²) < 4.78 is 0. The van der Waals surface area contributed by atoms with Crippen molar-refractivity contribution in [1.82, 2.24) is 9.97 Å². The van der Waals surface area contributed by atoms with Crippen molar-refractivity contribution in [2.45, 2.75) is 31.8 Å². The molecule has 0 fully saturated rings. The van der Waals surface area contributed by atoms with Crippen molar-refractivity contribution in [2.75, 3.05) is 0 Å². The Balaban J connectivity index is 2.39. The van der Waals surface area contributed by atoms with Gasteiger partial charge in [0.15, 0.2) is 0 Å². The molecule has 64 valence electrons. The SMILES string of the molecule is OC1CCCCc2cncnc21. The van der Waals surface area contributed by atoms with Crippen LogP contribution in [0.5, 0.6) is 0 Å². The number of aryl methyl sites for hydroxylation is 1. The summed E-state index contributed by atoms with van der Waals surface area (Å²) in [6.07, 6.45) is 7.02. The highest BCUT2D eigenvalue weighted by Crippen LogP contribution is 2.25. The first-order valence-corrected chi connectivity index (χ1v) is 4.35. The van der Waals surface area contributed by atoms with E-state index in [2.05, 4.69) is 9.97 Å². The lowest BCUT2D eigenvalue weighted by atomic mass is 10.1. The van der Waals surface area contributed by atoms with Gasteiger partial charge in [-0.2, -0.15) is 0 Å². The van der Waals surface area contributed by atoms with Crippen LogP contribution in [0.4, 0.5) is 0 Å². The van der Waals surface area contributed by atoms with Crippen molar-refractivity contribution in [3.63, 3.8) is 0 Å². The molecule has 0 spiro atoms. The Morgan fingerprint density at radius 1 is 1.42 bits per heavy atom. The fraction of sp³-hybridized carbons (Fsp3) is 0.556. The van der Waals surface area contributed by atoms with Crippen LogP contribution >= 0.6 is 0 Å². The van der Waals surface area contributed by atoms with E-state index < -0.39 is 0 Å². The number of hydrogen-bond acceptors (Lipinski definition) is 3. The number of nitrogens with zero attached hydrogens (tertiary/aromatic N) is 2. The maximum atomic E-state index is 9.65. The highest BCUT2D eigenvalue weighted by molar-refractivity contribution is 5.19. The number of aromatic nitrogens is 2. The lowest BCUT2D eigenvalue weighted by Crippen LogP contribution is -2.02. The first-order chi connectivity index (χ1) is 5.88. The van der Waals surface area contributed by atoms with Gasteiger partial charge in [0.05, 0.1) is 11.8 Å². The van der Waals surface area contributed by atoms with E-state index in [1.807, 2.05) is 6.20 Å². The van der Waals surface area contributed by atoms with Gasteiger partial charge < -0.3 is 5.11 Å². The van der Waals surface area contributed by atoms with Crippen molar-refractivity contribution in [2.24, 2.45) is 0 Å². The fourth-order valence-corrected chi connectivity index (χ4v) is 1.65. The average molecular weight is 164 g/mol. The van der Waals surface area contributed by atoms with Crippen molar-refractivity contribution in [3.8, 4) is 0 Å². The summed E-state index contributed by atoms with van der Waals surface area (Å²) in [4.78, 5) is 8.05. The summed E-state index contributed by atoms with van der Waals surface area (Å²) in [6, 6.07) is 0. The molecule has 0 aromatic carbocycles. The van der Waals surface area contributed by atoms with Gasteiger partial charge >= 0.3 is 0 Å². The maximum Gasteiger partial charge on any atom is 0.115 e. The van der Waals surface area contributed by atoms with E-state index >= 15 is 0 Å². The van der Waals surface area contributed by atoms with Crippen molar-refractivity contribution >= 4 is 0 Å². The fourth-order valence-electron chi connectivity index (χ4n) is 1.65. The molecule has 0 saturated heterocycles. The van der Waals surface area contributed by atoms with E-state index in [4.69, 9.17) is 0 Å². The Morgan fingerprint density at radius 3 is 3.25 bits per heavy atom. The van der Waals surface area contributed by atoms with Crippen LogP contribution < -0.4 is 0 Å². The lowest BCUT2D eigenvalue weighted by Gasteiger charge is -2.07. The topological polar surface area (TPSA) is 46.0 Å². The lowest BCUT2D eigenvalue weighted by molar-refractivity contribution is 0.162. The van der Waals surface area contributed by atoms with Crippen LogP contribution in [-0.2, 0) is 6.42 Å². The molecule has 3 nitrogen and oxygen atoms in total. The Kier molecular flexibility index (Phi) is 2.04. The predicted molar refractivity (Wildman–Crippen MR) is 44.5 cm³/mol. The Labute approximate surface area is 71.5 Å². The zero-order valence-corrected chi connectivity index (χ0v) is 6.90. The Bertz CT molecular complexity index is 275. The van der Waals surface area contributed by atoms with Crippen molar-refractivity contribution in [3.05, 3.63) is 23.8 Å². The van der Waals surface area contributed by atoms with E-state index in [9.17, 15) is 5.11 Å². The second-order valence-corrected chi connectivity index (χ2v) is 3.19.